The lowest BCUT2D eigenvalue weighted by Crippen LogP contribution is -2.28. The Balaban J connectivity index is 2.26. The Labute approximate surface area is 196 Å². The number of carbonyl (C=O) groups excluding carboxylic acids is 2. The molecule has 2 heterocycles. The number of halogens is 1. The van der Waals surface area contributed by atoms with Gasteiger partial charge in [0.05, 0.1) is 17.1 Å². The molecule has 1 aromatic rings. The van der Waals surface area contributed by atoms with Gasteiger partial charge >= 0.3 is 11.9 Å². The average Bonchev–Trinajstić information content (AvgIpc) is 3.08. The number of esters is 2. The highest BCUT2D eigenvalue weighted by atomic mass is 79.9. The Bertz CT molecular complexity index is 858. The zero-order valence-electron chi connectivity index (χ0n) is 18.5. The summed E-state index contributed by atoms with van der Waals surface area (Å²) < 4.78 is 12.0. The summed E-state index contributed by atoms with van der Waals surface area (Å²) >= 11 is 4.95. The molecule has 2 rings (SSSR count). The van der Waals surface area contributed by atoms with E-state index in [0.29, 0.717) is 19.3 Å². The van der Waals surface area contributed by atoms with E-state index in [1.165, 1.54) is 17.4 Å². The predicted octanol–water partition coefficient (Wildman–Crippen LogP) is 4.95. The topological polar surface area (TPSA) is 91.5 Å². The first-order chi connectivity index (χ1) is 14.6. The largest absolute Gasteiger partial charge is 0.462 e. The molecule has 0 aliphatic carbocycles. The molecule has 31 heavy (non-hydrogen) atoms. The smallest absolute Gasteiger partial charge is 0.331 e. The number of fused-ring (bicyclic) bond motifs is 2. The normalized spacial score (nSPS) is 30.1. The molecule has 1 aliphatic heterocycles. The van der Waals surface area contributed by atoms with Gasteiger partial charge < -0.3 is 15.2 Å². The first-order valence-electron chi connectivity index (χ1n) is 10.4. The number of rotatable bonds is 1. The summed E-state index contributed by atoms with van der Waals surface area (Å²) in [7, 11) is 0. The summed E-state index contributed by atoms with van der Waals surface area (Å²) in [5.74, 6) is -0.613. The number of nitrogens with zero attached hydrogens (tertiary/aromatic N) is 1. The highest BCUT2D eigenvalue weighted by Crippen LogP contribution is 2.25. The standard InChI is InChI=1S/C23H31BrN2O4S/c1-14-6-5-7-22(27)30-19(10-16(3)24)12-21-26-20(13-31-21)15(2)9-18(25)11-23(28)29-17(4)8-14/h5-7,10,13,15,17-19H,8-9,11-12,25H2,1-4H3/b7-5-,14-6+,16-10+/t15-,17?,18+,19+/m0/s1. The molecule has 0 spiro atoms. The van der Waals surface area contributed by atoms with Crippen molar-refractivity contribution >= 4 is 39.2 Å². The number of allylic oxidation sites excluding steroid dienone is 3. The third-order valence-electron chi connectivity index (χ3n) is 4.77. The maximum atomic E-state index is 12.3. The van der Waals surface area contributed by atoms with E-state index in [4.69, 9.17) is 20.2 Å². The number of cyclic esters (lactones) is 2. The molecule has 1 unspecified atom stereocenters. The Morgan fingerprint density at radius 1 is 1.26 bits per heavy atom. The summed E-state index contributed by atoms with van der Waals surface area (Å²) in [5, 5.41) is 2.88. The maximum absolute atomic E-state index is 12.3. The Morgan fingerprint density at radius 2 is 2.00 bits per heavy atom. The maximum Gasteiger partial charge on any atom is 0.331 e. The van der Waals surface area contributed by atoms with Gasteiger partial charge in [0.1, 0.15) is 12.2 Å². The van der Waals surface area contributed by atoms with E-state index < -0.39 is 12.1 Å². The molecule has 8 heteroatoms. The van der Waals surface area contributed by atoms with Gasteiger partial charge in [-0.2, -0.15) is 0 Å². The van der Waals surface area contributed by atoms with E-state index in [-0.39, 0.29) is 30.5 Å². The summed E-state index contributed by atoms with van der Waals surface area (Å²) in [6.45, 7) is 7.72. The van der Waals surface area contributed by atoms with E-state index in [1.807, 2.05) is 45.2 Å². The second-order valence-electron chi connectivity index (χ2n) is 8.08. The van der Waals surface area contributed by atoms with Crippen LogP contribution in [-0.4, -0.2) is 35.2 Å². The van der Waals surface area contributed by atoms with Crippen LogP contribution in [0.2, 0.25) is 0 Å². The third-order valence-corrected chi connectivity index (χ3v) is 5.93. The van der Waals surface area contributed by atoms with Crippen molar-refractivity contribution < 1.29 is 19.1 Å². The van der Waals surface area contributed by atoms with Crippen LogP contribution in [0.4, 0.5) is 0 Å². The molecule has 6 nitrogen and oxygen atoms in total. The van der Waals surface area contributed by atoms with Crippen LogP contribution in [0.3, 0.4) is 0 Å². The minimum atomic E-state index is -0.425. The summed E-state index contributed by atoms with van der Waals surface area (Å²) in [6.07, 6.45) is 7.91. The molecule has 0 radical (unpaired) electrons. The van der Waals surface area contributed by atoms with Crippen LogP contribution in [0.1, 0.15) is 63.6 Å². The van der Waals surface area contributed by atoms with E-state index in [2.05, 4.69) is 15.9 Å². The molecule has 170 valence electrons. The molecule has 4 atom stereocenters. The van der Waals surface area contributed by atoms with Gasteiger partial charge in [-0.25, -0.2) is 9.78 Å². The lowest BCUT2D eigenvalue weighted by molar-refractivity contribution is -0.148. The molecule has 0 amide bonds. The minimum Gasteiger partial charge on any atom is -0.462 e. The lowest BCUT2D eigenvalue weighted by atomic mass is 9.98. The number of hydrogen-bond donors (Lipinski definition) is 1. The van der Waals surface area contributed by atoms with Crippen molar-refractivity contribution in [3.63, 3.8) is 0 Å². The quantitative estimate of drug-likeness (QED) is 0.537. The van der Waals surface area contributed by atoms with Crippen molar-refractivity contribution in [2.75, 3.05) is 0 Å². The first kappa shape index (κ1) is 25.5. The van der Waals surface area contributed by atoms with Crippen LogP contribution in [0, 0.1) is 0 Å². The van der Waals surface area contributed by atoms with E-state index in [0.717, 1.165) is 20.8 Å². The minimum absolute atomic E-state index is 0.106. The molecule has 0 saturated carbocycles. The van der Waals surface area contributed by atoms with Crippen LogP contribution in [0.5, 0.6) is 0 Å². The SMILES string of the molecule is C/C(Br)=C\[C@@H]1Cc2nc(cs2)[C@@H](C)C[C@@H](N)CC(=O)OC(C)C/C(C)=C/C=C\C(=O)O1. The van der Waals surface area contributed by atoms with Crippen LogP contribution >= 0.6 is 27.3 Å². The molecule has 0 aromatic carbocycles. The zero-order valence-corrected chi connectivity index (χ0v) is 20.9. The van der Waals surface area contributed by atoms with Gasteiger partial charge in [0, 0.05) is 36.3 Å². The molecule has 1 aliphatic rings. The van der Waals surface area contributed by atoms with Crippen LogP contribution in [0.25, 0.3) is 0 Å². The second kappa shape index (κ2) is 12.3. The van der Waals surface area contributed by atoms with Crippen LogP contribution in [-0.2, 0) is 25.5 Å². The fourth-order valence-electron chi connectivity index (χ4n) is 3.40. The number of carbonyl (C=O) groups is 2. The Kier molecular flexibility index (Phi) is 10.1. The zero-order chi connectivity index (χ0) is 23.0. The monoisotopic (exact) mass is 510 g/mol. The van der Waals surface area contributed by atoms with Crippen molar-refractivity contribution in [2.24, 2.45) is 5.73 Å². The predicted molar refractivity (Wildman–Crippen MR) is 127 cm³/mol. The van der Waals surface area contributed by atoms with Gasteiger partial charge in [-0.05, 0) is 37.8 Å². The van der Waals surface area contributed by atoms with Gasteiger partial charge in [0.2, 0.25) is 0 Å². The first-order valence-corrected chi connectivity index (χ1v) is 12.1. The molecular formula is C23H31BrN2O4S. The summed E-state index contributed by atoms with van der Waals surface area (Å²) in [6, 6.07) is -0.297. The van der Waals surface area contributed by atoms with Crippen LogP contribution in [0.15, 0.2) is 39.7 Å². The van der Waals surface area contributed by atoms with Gasteiger partial charge in [-0.3, -0.25) is 4.79 Å². The highest BCUT2D eigenvalue weighted by Gasteiger charge is 2.20. The molecule has 2 bridgehead atoms. The van der Waals surface area contributed by atoms with Gasteiger partial charge in [-0.15, -0.1) is 11.3 Å². The molecule has 0 fully saturated rings. The molecule has 1 aromatic heterocycles. The van der Waals surface area contributed by atoms with Gasteiger partial charge in [-0.1, -0.05) is 40.6 Å². The number of hydrogen-bond acceptors (Lipinski definition) is 7. The summed E-state index contributed by atoms with van der Waals surface area (Å²) in [4.78, 5) is 29.2. The van der Waals surface area contributed by atoms with Gasteiger partial charge in [0.25, 0.3) is 0 Å². The van der Waals surface area contributed by atoms with Crippen molar-refractivity contribution in [2.45, 2.75) is 77.5 Å². The molecule has 0 saturated heterocycles. The Morgan fingerprint density at radius 3 is 2.71 bits per heavy atom. The third kappa shape index (κ3) is 9.49. The lowest BCUT2D eigenvalue weighted by Gasteiger charge is -2.18. The average molecular weight is 511 g/mol. The number of nitrogens with two attached hydrogens (primary N) is 1. The van der Waals surface area contributed by atoms with Gasteiger partial charge in [0.15, 0.2) is 0 Å². The number of ether oxygens (including phenoxy) is 2. The molecular weight excluding hydrogens is 480 g/mol. The van der Waals surface area contributed by atoms with Crippen molar-refractivity contribution in [1.82, 2.24) is 4.98 Å². The summed E-state index contributed by atoms with van der Waals surface area (Å²) in [5.41, 5.74) is 8.13. The number of thiazole rings is 1. The fourth-order valence-corrected chi connectivity index (χ4v) is 4.65. The van der Waals surface area contributed by atoms with E-state index >= 15 is 0 Å². The van der Waals surface area contributed by atoms with Crippen molar-refractivity contribution in [3.8, 4) is 0 Å². The van der Waals surface area contributed by atoms with Crippen molar-refractivity contribution in [1.29, 1.82) is 0 Å². The van der Waals surface area contributed by atoms with E-state index in [1.54, 1.807) is 6.08 Å². The molecule has 2 N–H and O–H groups in total. The van der Waals surface area contributed by atoms with E-state index in [9.17, 15) is 9.59 Å². The van der Waals surface area contributed by atoms with Crippen LogP contribution < -0.4 is 5.73 Å². The fraction of sp³-hybridized carbons (Fsp3) is 0.522. The van der Waals surface area contributed by atoms with Crippen molar-refractivity contribution in [3.05, 3.63) is 50.4 Å². The highest BCUT2D eigenvalue weighted by molar-refractivity contribution is 9.11. The second-order valence-corrected chi connectivity index (χ2v) is 10.3. The Hall–Kier alpha value is -1.77. The number of aromatic nitrogens is 1.